The van der Waals surface area contributed by atoms with E-state index in [2.05, 4.69) is 15.6 Å². The molecular weight excluding hydrogens is 340 g/mol. The molecule has 3 aromatic rings. The van der Waals surface area contributed by atoms with Crippen LogP contribution in [0.2, 0.25) is 0 Å². The molecule has 0 spiro atoms. The number of nitrogens with zero attached hydrogens (tertiary/aromatic N) is 2. The van der Waals surface area contributed by atoms with E-state index in [0.29, 0.717) is 24.5 Å². The van der Waals surface area contributed by atoms with Crippen LogP contribution in [0.25, 0.3) is 5.69 Å². The first-order chi connectivity index (χ1) is 13.1. The number of hydrogen-bond donors (Lipinski definition) is 2. The Hall–Kier alpha value is -3.12. The molecule has 6 nitrogen and oxygen atoms in total. The summed E-state index contributed by atoms with van der Waals surface area (Å²) in [6, 6.07) is 14.9. The van der Waals surface area contributed by atoms with Gasteiger partial charge >= 0.3 is 0 Å². The van der Waals surface area contributed by atoms with Crippen LogP contribution in [0, 0.1) is 13.8 Å². The van der Waals surface area contributed by atoms with Crippen molar-refractivity contribution in [3.8, 4) is 11.4 Å². The fraction of sp³-hybridized carbons (Fsp3) is 0.238. The molecule has 27 heavy (non-hydrogen) atoms. The smallest absolute Gasteiger partial charge is 0.259 e. The van der Waals surface area contributed by atoms with E-state index in [0.717, 1.165) is 22.8 Å². The summed E-state index contributed by atoms with van der Waals surface area (Å²) < 4.78 is 7.71. The topological polar surface area (TPSA) is 68.2 Å². The zero-order chi connectivity index (χ0) is 19.2. The number of benzene rings is 2. The van der Waals surface area contributed by atoms with Gasteiger partial charge in [0.05, 0.1) is 17.6 Å². The molecule has 0 unspecified atom stereocenters. The van der Waals surface area contributed by atoms with Gasteiger partial charge in [0.25, 0.3) is 5.91 Å². The highest BCUT2D eigenvalue weighted by Gasteiger charge is 2.12. The van der Waals surface area contributed by atoms with Gasteiger partial charge in [0.1, 0.15) is 12.4 Å². The lowest BCUT2D eigenvalue weighted by Gasteiger charge is -2.12. The number of hydrogen-bond acceptors (Lipinski definition) is 4. The Bertz CT molecular complexity index is 916. The monoisotopic (exact) mass is 364 g/mol. The average Bonchev–Trinajstić information content (AvgIpc) is 3.02. The van der Waals surface area contributed by atoms with Crippen molar-refractivity contribution in [3.05, 3.63) is 71.8 Å². The van der Waals surface area contributed by atoms with E-state index < -0.39 is 0 Å². The third-order valence-corrected chi connectivity index (χ3v) is 4.40. The Morgan fingerprint density at radius 2 is 1.85 bits per heavy atom. The summed E-state index contributed by atoms with van der Waals surface area (Å²) in [7, 11) is 1.86. The second kappa shape index (κ2) is 8.51. The first-order valence-electron chi connectivity index (χ1n) is 8.89. The molecule has 0 fully saturated rings. The molecule has 0 bridgehead atoms. The molecular formula is C21H24N4O2. The molecule has 0 saturated heterocycles. The summed E-state index contributed by atoms with van der Waals surface area (Å²) in [6.07, 6.45) is 1.80. The molecule has 0 saturated carbocycles. The number of carbonyl (C=O) groups is 1. The number of anilines is 1. The van der Waals surface area contributed by atoms with Gasteiger partial charge in [0.2, 0.25) is 0 Å². The summed E-state index contributed by atoms with van der Waals surface area (Å²) in [4.78, 5) is 17.0. The van der Waals surface area contributed by atoms with Crippen LogP contribution < -0.4 is 15.4 Å². The highest BCUT2D eigenvalue weighted by Crippen LogP contribution is 2.21. The Morgan fingerprint density at radius 3 is 2.52 bits per heavy atom. The lowest BCUT2D eigenvalue weighted by Crippen LogP contribution is -2.18. The van der Waals surface area contributed by atoms with Crippen LogP contribution in [-0.4, -0.2) is 35.7 Å². The molecule has 1 aromatic heterocycles. The van der Waals surface area contributed by atoms with Gasteiger partial charge in [0, 0.05) is 23.6 Å². The molecule has 2 N–H and O–H groups in total. The van der Waals surface area contributed by atoms with E-state index in [1.807, 2.05) is 61.9 Å². The van der Waals surface area contributed by atoms with Crippen molar-refractivity contribution >= 4 is 11.6 Å². The van der Waals surface area contributed by atoms with E-state index in [9.17, 15) is 4.79 Å². The Balaban J connectivity index is 1.72. The first-order valence-corrected chi connectivity index (χ1v) is 8.89. The van der Waals surface area contributed by atoms with Gasteiger partial charge in [-0.3, -0.25) is 4.79 Å². The number of para-hydroxylation sites is 1. The van der Waals surface area contributed by atoms with Gasteiger partial charge in [-0.1, -0.05) is 12.1 Å². The number of nitrogens with one attached hydrogen (secondary N) is 2. The fourth-order valence-corrected chi connectivity index (χ4v) is 2.71. The van der Waals surface area contributed by atoms with Gasteiger partial charge in [0.15, 0.2) is 0 Å². The second-order valence-corrected chi connectivity index (χ2v) is 6.23. The van der Waals surface area contributed by atoms with E-state index in [1.54, 1.807) is 18.5 Å². The van der Waals surface area contributed by atoms with E-state index >= 15 is 0 Å². The number of imidazole rings is 1. The lowest BCUT2D eigenvalue weighted by molar-refractivity contribution is 0.102. The Labute approximate surface area is 159 Å². The summed E-state index contributed by atoms with van der Waals surface area (Å²) in [5.41, 5.74) is 4.34. The normalized spacial score (nSPS) is 10.6. The molecule has 0 aliphatic rings. The van der Waals surface area contributed by atoms with Crippen LogP contribution in [0.15, 0.2) is 54.9 Å². The largest absolute Gasteiger partial charge is 0.491 e. The van der Waals surface area contributed by atoms with Gasteiger partial charge in [-0.15, -0.1) is 0 Å². The van der Waals surface area contributed by atoms with Crippen molar-refractivity contribution in [2.24, 2.45) is 0 Å². The lowest BCUT2D eigenvalue weighted by atomic mass is 10.1. The number of rotatable bonds is 7. The minimum Gasteiger partial charge on any atom is -0.491 e. The van der Waals surface area contributed by atoms with E-state index in [1.165, 1.54) is 0 Å². The fourth-order valence-electron chi connectivity index (χ4n) is 2.71. The van der Waals surface area contributed by atoms with E-state index in [4.69, 9.17) is 4.74 Å². The van der Waals surface area contributed by atoms with Gasteiger partial charge < -0.3 is 19.9 Å². The molecule has 3 rings (SSSR count). The molecule has 1 heterocycles. The predicted octanol–water partition coefficient (Wildman–Crippen LogP) is 3.34. The van der Waals surface area contributed by atoms with Crippen LogP contribution in [0.3, 0.4) is 0 Å². The maximum atomic E-state index is 12.7. The SMILES string of the molecule is CNCCOc1ccccc1C(=O)Nc1ccc(-n2cnc(C)c2C)cc1. The number of likely N-dealkylation sites (N-methyl/N-ethyl adjacent to an activating group) is 1. The highest BCUT2D eigenvalue weighted by atomic mass is 16.5. The van der Waals surface area contributed by atoms with Crippen molar-refractivity contribution in [1.29, 1.82) is 0 Å². The zero-order valence-electron chi connectivity index (χ0n) is 15.8. The van der Waals surface area contributed by atoms with Gasteiger partial charge in [-0.2, -0.15) is 0 Å². The summed E-state index contributed by atoms with van der Waals surface area (Å²) >= 11 is 0. The standard InChI is InChI=1S/C21H24N4O2/c1-15-16(2)25(14-23-15)18-10-8-17(9-11-18)24-21(26)19-6-4-5-7-20(19)27-13-12-22-3/h4-11,14,22H,12-13H2,1-3H3,(H,24,26). The molecule has 140 valence electrons. The Kier molecular flexibility index (Phi) is 5.88. The summed E-state index contributed by atoms with van der Waals surface area (Å²) in [5, 5.41) is 5.95. The van der Waals surface area contributed by atoms with Crippen molar-refractivity contribution in [2.45, 2.75) is 13.8 Å². The Morgan fingerprint density at radius 1 is 1.11 bits per heavy atom. The third-order valence-electron chi connectivity index (χ3n) is 4.40. The maximum absolute atomic E-state index is 12.7. The molecule has 2 aromatic carbocycles. The van der Waals surface area contributed by atoms with Crippen molar-refractivity contribution in [2.75, 3.05) is 25.5 Å². The van der Waals surface area contributed by atoms with Crippen LogP contribution in [-0.2, 0) is 0 Å². The minimum atomic E-state index is -0.197. The number of aromatic nitrogens is 2. The van der Waals surface area contributed by atoms with Crippen molar-refractivity contribution < 1.29 is 9.53 Å². The number of ether oxygens (including phenoxy) is 1. The van der Waals surface area contributed by atoms with Gasteiger partial charge in [-0.05, 0) is 57.3 Å². The van der Waals surface area contributed by atoms with E-state index in [-0.39, 0.29) is 5.91 Å². The van der Waals surface area contributed by atoms with Crippen LogP contribution in [0.1, 0.15) is 21.7 Å². The molecule has 0 aliphatic carbocycles. The van der Waals surface area contributed by atoms with Crippen LogP contribution in [0.4, 0.5) is 5.69 Å². The predicted molar refractivity (Wildman–Crippen MR) is 107 cm³/mol. The minimum absolute atomic E-state index is 0.197. The molecule has 6 heteroatoms. The number of aryl methyl sites for hydroxylation is 1. The number of amides is 1. The van der Waals surface area contributed by atoms with Crippen molar-refractivity contribution in [3.63, 3.8) is 0 Å². The van der Waals surface area contributed by atoms with Crippen LogP contribution in [0.5, 0.6) is 5.75 Å². The quantitative estimate of drug-likeness (QED) is 0.631. The molecule has 0 aliphatic heterocycles. The molecule has 0 radical (unpaired) electrons. The average molecular weight is 364 g/mol. The maximum Gasteiger partial charge on any atom is 0.259 e. The number of carbonyl (C=O) groups excluding carboxylic acids is 1. The first kappa shape index (κ1) is 18.7. The highest BCUT2D eigenvalue weighted by molar-refractivity contribution is 6.06. The summed E-state index contributed by atoms with van der Waals surface area (Å²) in [6.45, 7) is 5.23. The summed E-state index contributed by atoms with van der Waals surface area (Å²) in [5.74, 6) is 0.379. The second-order valence-electron chi connectivity index (χ2n) is 6.23. The van der Waals surface area contributed by atoms with Crippen LogP contribution >= 0.6 is 0 Å². The third kappa shape index (κ3) is 4.35. The molecule has 0 atom stereocenters. The zero-order valence-corrected chi connectivity index (χ0v) is 15.8. The van der Waals surface area contributed by atoms with Crippen molar-refractivity contribution in [1.82, 2.24) is 14.9 Å². The van der Waals surface area contributed by atoms with Gasteiger partial charge in [-0.25, -0.2) is 4.98 Å². The molecule has 1 amide bonds.